The predicted octanol–water partition coefficient (Wildman–Crippen LogP) is 3.34. The van der Waals surface area contributed by atoms with E-state index in [0.29, 0.717) is 23.6 Å². The van der Waals surface area contributed by atoms with Crippen LogP contribution in [0.5, 0.6) is 23.0 Å². The van der Waals surface area contributed by atoms with Gasteiger partial charge in [0.2, 0.25) is 0 Å². The first-order valence-corrected chi connectivity index (χ1v) is 11.8. The lowest BCUT2D eigenvalue weighted by Gasteiger charge is -2.44. The van der Waals surface area contributed by atoms with Gasteiger partial charge in [-0.15, -0.1) is 0 Å². The summed E-state index contributed by atoms with van der Waals surface area (Å²) in [7, 11) is 8.43. The van der Waals surface area contributed by atoms with Crippen LogP contribution in [0.1, 0.15) is 41.8 Å². The molecule has 1 aliphatic heterocycles. The molecule has 0 bridgehead atoms. The molecule has 1 unspecified atom stereocenters. The summed E-state index contributed by atoms with van der Waals surface area (Å²) in [4.78, 5) is 17.1. The van der Waals surface area contributed by atoms with E-state index in [1.807, 2.05) is 32.0 Å². The summed E-state index contributed by atoms with van der Waals surface area (Å²) >= 11 is 0. The Kier molecular flexibility index (Phi) is 8.51. The molecule has 0 radical (unpaired) electrons. The number of carbonyl (C=O) groups is 1. The van der Waals surface area contributed by atoms with E-state index < -0.39 is 11.6 Å². The fourth-order valence-electron chi connectivity index (χ4n) is 4.59. The van der Waals surface area contributed by atoms with E-state index in [1.165, 1.54) is 5.56 Å². The van der Waals surface area contributed by atoms with Crippen LogP contribution < -0.4 is 18.9 Å². The van der Waals surface area contributed by atoms with Crippen molar-refractivity contribution in [3.05, 3.63) is 47.0 Å². The lowest BCUT2D eigenvalue weighted by Crippen LogP contribution is -2.55. The monoisotopic (exact) mass is 486 g/mol. The molecule has 1 aliphatic rings. The highest BCUT2D eigenvalue weighted by Gasteiger charge is 2.44. The van der Waals surface area contributed by atoms with Crippen LogP contribution in [-0.2, 0) is 11.8 Å². The number of aliphatic hydroxyl groups excluding tert-OH is 1. The Morgan fingerprint density at radius 1 is 0.914 bits per heavy atom. The summed E-state index contributed by atoms with van der Waals surface area (Å²) in [5, 5.41) is 11.1. The van der Waals surface area contributed by atoms with Crippen molar-refractivity contribution in [3.8, 4) is 23.0 Å². The van der Waals surface area contributed by atoms with Gasteiger partial charge in [-0.05, 0) is 61.8 Å². The molecular formula is C27H38N2O6. The van der Waals surface area contributed by atoms with Crippen LogP contribution in [0.2, 0.25) is 0 Å². The summed E-state index contributed by atoms with van der Waals surface area (Å²) in [5.41, 5.74) is 1.82. The Bertz CT molecular complexity index is 1040. The van der Waals surface area contributed by atoms with E-state index in [-0.39, 0.29) is 5.91 Å². The lowest BCUT2D eigenvalue weighted by molar-refractivity contribution is -0.0395. The number of rotatable bonds is 11. The van der Waals surface area contributed by atoms with E-state index in [0.717, 1.165) is 43.0 Å². The Morgan fingerprint density at radius 3 is 2.14 bits per heavy atom. The maximum Gasteiger partial charge on any atom is 0.256 e. The molecule has 2 aromatic carbocycles. The van der Waals surface area contributed by atoms with Crippen LogP contribution in [0.15, 0.2) is 30.3 Å². The second kappa shape index (κ2) is 11.2. The van der Waals surface area contributed by atoms with Gasteiger partial charge in [0, 0.05) is 24.1 Å². The molecule has 0 aliphatic carbocycles. The van der Waals surface area contributed by atoms with E-state index >= 15 is 0 Å². The van der Waals surface area contributed by atoms with E-state index in [2.05, 4.69) is 11.9 Å². The SMILES string of the molecule is COc1ccc(CCN(C)CCCN2C(=O)c3cc(OC)c(OC)cc3C(C)(C)C2O)cc1OC. The minimum absolute atomic E-state index is 0.194. The van der Waals surface area contributed by atoms with Gasteiger partial charge in [0.25, 0.3) is 5.91 Å². The van der Waals surface area contributed by atoms with Crippen molar-refractivity contribution < 1.29 is 28.8 Å². The molecule has 1 N–H and O–H groups in total. The molecule has 0 saturated heterocycles. The number of methoxy groups -OCH3 is 4. The molecule has 1 heterocycles. The Hall–Kier alpha value is -2.97. The van der Waals surface area contributed by atoms with Crippen LogP contribution in [0.25, 0.3) is 0 Å². The lowest BCUT2D eigenvalue weighted by atomic mass is 9.76. The Morgan fingerprint density at radius 2 is 1.51 bits per heavy atom. The average Bonchev–Trinajstić information content (AvgIpc) is 2.87. The number of ether oxygens (including phenoxy) is 4. The quantitative estimate of drug-likeness (QED) is 0.522. The number of aliphatic hydroxyl groups is 1. The highest BCUT2D eigenvalue weighted by atomic mass is 16.5. The molecule has 8 nitrogen and oxygen atoms in total. The third-order valence-corrected chi connectivity index (χ3v) is 6.82. The van der Waals surface area contributed by atoms with Crippen LogP contribution in [-0.4, -0.2) is 82.2 Å². The first kappa shape index (κ1) is 26.6. The molecule has 35 heavy (non-hydrogen) atoms. The molecule has 1 amide bonds. The summed E-state index contributed by atoms with van der Waals surface area (Å²) in [6.07, 6.45) is 0.673. The van der Waals surface area contributed by atoms with E-state index in [9.17, 15) is 9.90 Å². The molecule has 8 heteroatoms. The number of hydrogen-bond acceptors (Lipinski definition) is 7. The van der Waals surface area contributed by atoms with E-state index in [1.54, 1.807) is 45.5 Å². The van der Waals surface area contributed by atoms with Crippen molar-refractivity contribution >= 4 is 5.91 Å². The number of fused-ring (bicyclic) bond motifs is 1. The number of carbonyl (C=O) groups excluding carboxylic acids is 1. The zero-order valence-electron chi connectivity index (χ0n) is 21.9. The van der Waals surface area contributed by atoms with Gasteiger partial charge in [0.15, 0.2) is 23.0 Å². The molecular weight excluding hydrogens is 448 g/mol. The van der Waals surface area contributed by atoms with Gasteiger partial charge >= 0.3 is 0 Å². The predicted molar refractivity (Wildman–Crippen MR) is 135 cm³/mol. The summed E-state index contributed by atoms with van der Waals surface area (Å²) in [5.74, 6) is 2.29. The van der Waals surface area contributed by atoms with Crippen molar-refractivity contribution in [2.24, 2.45) is 0 Å². The summed E-state index contributed by atoms with van der Waals surface area (Å²) in [6, 6.07) is 9.47. The van der Waals surface area contributed by atoms with Gasteiger partial charge in [-0.3, -0.25) is 4.79 Å². The van der Waals surface area contributed by atoms with Crippen LogP contribution in [0.4, 0.5) is 0 Å². The number of amides is 1. The first-order valence-electron chi connectivity index (χ1n) is 11.8. The topological polar surface area (TPSA) is 80.7 Å². The van der Waals surface area contributed by atoms with Gasteiger partial charge < -0.3 is 33.9 Å². The van der Waals surface area contributed by atoms with Gasteiger partial charge in [0.1, 0.15) is 6.23 Å². The molecule has 0 spiro atoms. The van der Waals surface area contributed by atoms with E-state index in [4.69, 9.17) is 18.9 Å². The maximum absolute atomic E-state index is 13.3. The molecule has 0 saturated carbocycles. The molecule has 0 aromatic heterocycles. The van der Waals surface area contributed by atoms with Crippen LogP contribution >= 0.6 is 0 Å². The fourth-order valence-corrected chi connectivity index (χ4v) is 4.59. The number of benzene rings is 2. The fraction of sp³-hybridized carbons (Fsp3) is 0.519. The van der Waals surface area contributed by atoms with Gasteiger partial charge in [-0.1, -0.05) is 19.9 Å². The Balaban J connectivity index is 1.62. The minimum atomic E-state index is -0.933. The normalized spacial score (nSPS) is 16.8. The second-order valence-corrected chi connectivity index (χ2v) is 9.44. The largest absolute Gasteiger partial charge is 0.493 e. The third kappa shape index (κ3) is 5.49. The second-order valence-electron chi connectivity index (χ2n) is 9.44. The molecule has 2 aromatic rings. The van der Waals surface area contributed by atoms with Crippen LogP contribution in [0.3, 0.4) is 0 Å². The summed E-state index contributed by atoms with van der Waals surface area (Å²) in [6.45, 7) is 5.99. The molecule has 192 valence electrons. The number of likely N-dealkylation sites (N-methyl/N-ethyl adjacent to an activating group) is 1. The molecule has 3 rings (SSSR count). The first-order chi connectivity index (χ1) is 16.7. The highest BCUT2D eigenvalue weighted by molar-refractivity contribution is 5.98. The van der Waals surface area contributed by atoms with Crippen molar-refractivity contribution in [1.82, 2.24) is 9.80 Å². The van der Waals surface area contributed by atoms with Crippen LogP contribution in [0, 0.1) is 0 Å². The minimum Gasteiger partial charge on any atom is -0.493 e. The standard InChI is InChI=1S/C27H38N2O6/c1-27(2)20-17-24(35-7)23(34-6)16-19(20)25(30)29(26(27)31)13-8-12-28(3)14-11-18-9-10-21(32-4)22(15-18)33-5/h9-10,15-17,26,31H,8,11-14H2,1-7H3. The van der Waals surface area contributed by atoms with Crippen molar-refractivity contribution in [2.45, 2.75) is 38.3 Å². The molecule has 1 atom stereocenters. The molecule has 0 fully saturated rings. The smallest absolute Gasteiger partial charge is 0.256 e. The van der Waals surface area contributed by atoms with Crippen molar-refractivity contribution in [3.63, 3.8) is 0 Å². The van der Waals surface area contributed by atoms with Gasteiger partial charge in [0.05, 0.1) is 28.4 Å². The summed E-state index contributed by atoms with van der Waals surface area (Å²) < 4.78 is 21.5. The van der Waals surface area contributed by atoms with Crippen molar-refractivity contribution in [1.29, 1.82) is 0 Å². The zero-order valence-corrected chi connectivity index (χ0v) is 21.9. The van der Waals surface area contributed by atoms with Crippen molar-refractivity contribution in [2.75, 3.05) is 55.1 Å². The highest BCUT2D eigenvalue weighted by Crippen LogP contribution is 2.42. The number of nitrogens with zero attached hydrogens (tertiary/aromatic N) is 2. The Labute approximate surface area is 208 Å². The zero-order chi connectivity index (χ0) is 25.8. The average molecular weight is 487 g/mol. The van der Waals surface area contributed by atoms with Gasteiger partial charge in [-0.25, -0.2) is 0 Å². The van der Waals surface area contributed by atoms with Gasteiger partial charge in [-0.2, -0.15) is 0 Å². The third-order valence-electron chi connectivity index (χ3n) is 6.82. The number of hydrogen-bond donors (Lipinski definition) is 1. The maximum atomic E-state index is 13.3.